The third-order valence-corrected chi connectivity index (χ3v) is 5.08. The van der Waals surface area contributed by atoms with Crippen LogP contribution in [0.3, 0.4) is 0 Å². The first-order chi connectivity index (χ1) is 11.5. The van der Waals surface area contributed by atoms with Crippen LogP contribution in [0.15, 0.2) is 53.4 Å². The first kappa shape index (κ1) is 18.6. The van der Waals surface area contributed by atoms with Crippen molar-refractivity contribution in [1.29, 1.82) is 0 Å². The molecule has 0 radical (unpaired) electrons. The van der Waals surface area contributed by atoms with E-state index in [1.165, 1.54) is 11.1 Å². The largest absolute Gasteiger partial charge is 0.377 e. The van der Waals surface area contributed by atoms with Crippen molar-refractivity contribution in [3.05, 3.63) is 65.2 Å². The lowest BCUT2D eigenvalue weighted by atomic mass is 10.1. The number of unbranched alkanes of at least 4 members (excludes halogenated alkanes) is 1. The number of benzene rings is 2. The summed E-state index contributed by atoms with van der Waals surface area (Å²) < 4.78 is 34.7. The minimum atomic E-state index is -3.66. The van der Waals surface area contributed by atoms with Crippen LogP contribution in [-0.2, 0) is 25.6 Å². The molecule has 0 saturated carbocycles. The van der Waals surface area contributed by atoms with Crippen LogP contribution in [0.2, 0.25) is 0 Å². The van der Waals surface area contributed by atoms with E-state index < -0.39 is 10.1 Å². The lowest BCUT2D eigenvalue weighted by molar-refractivity contribution is 0.113. The van der Waals surface area contributed by atoms with E-state index in [9.17, 15) is 8.42 Å². The SMILES string of the molecule is Cc1ccc(S(=O)(=O)OCCCCOCc2ccccc2C)cc1. The van der Waals surface area contributed by atoms with Gasteiger partial charge in [-0.15, -0.1) is 0 Å². The summed E-state index contributed by atoms with van der Waals surface area (Å²) in [6.07, 6.45) is 1.40. The van der Waals surface area contributed by atoms with E-state index in [1.807, 2.05) is 25.1 Å². The van der Waals surface area contributed by atoms with Crippen LogP contribution in [0.5, 0.6) is 0 Å². The van der Waals surface area contributed by atoms with Gasteiger partial charge in [-0.3, -0.25) is 4.18 Å². The van der Waals surface area contributed by atoms with Gasteiger partial charge in [-0.05, 0) is 49.9 Å². The van der Waals surface area contributed by atoms with Gasteiger partial charge in [-0.25, -0.2) is 0 Å². The second-order valence-corrected chi connectivity index (χ2v) is 7.39. The fourth-order valence-corrected chi connectivity index (χ4v) is 3.14. The highest BCUT2D eigenvalue weighted by atomic mass is 32.2. The van der Waals surface area contributed by atoms with Gasteiger partial charge in [0, 0.05) is 6.61 Å². The minimum Gasteiger partial charge on any atom is -0.377 e. The second kappa shape index (κ2) is 8.97. The van der Waals surface area contributed by atoms with Gasteiger partial charge in [-0.2, -0.15) is 8.42 Å². The van der Waals surface area contributed by atoms with E-state index in [4.69, 9.17) is 8.92 Å². The molecule has 2 aromatic carbocycles. The normalized spacial score (nSPS) is 11.6. The van der Waals surface area contributed by atoms with Crippen LogP contribution in [0.25, 0.3) is 0 Å². The molecule has 24 heavy (non-hydrogen) atoms. The maximum absolute atomic E-state index is 12.0. The van der Waals surface area contributed by atoms with Crippen LogP contribution in [-0.4, -0.2) is 21.6 Å². The van der Waals surface area contributed by atoms with Gasteiger partial charge < -0.3 is 4.74 Å². The van der Waals surface area contributed by atoms with Gasteiger partial charge >= 0.3 is 0 Å². The zero-order valence-electron chi connectivity index (χ0n) is 14.2. The highest BCUT2D eigenvalue weighted by molar-refractivity contribution is 7.86. The molecule has 0 amide bonds. The molecule has 130 valence electrons. The average Bonchev–Trinajstić information content (AvgIpc) is 2.56. The number of rotatable bonds is 9. The Labute approximate surface area is 144 Å². The van der Waals surface area contributed by atoms with E-state index >= 15 is 0 Å². The molecular weight excluding hydrogens is 324 g/mol. The van der Waals surface area contributed by atoms with Crippen LogP contribution in [0, 0.1) is 13.8 Å². The number of hydrogen-bond donors (Lipinski definition) is 0. The van der Waals surface area contributed by atoms with Gasteiger partial charge in [0.15, 0.2) is 0 Å². The van der Waals surface area contributed by atoms with E-state index in [2.05, 4.69) is 13.0 Å². The molecule has 0 aliphatic rings. The highest BCUT2D eigenvalue weighted by Crippen LogP contribution is 2.14. The second-order valence-electron chi connectivity index (χ2n) is 5.78. The summed E-state index contributed by atoms with van der Waals surface area (Å²) in [6, 6.07) is 14.8. The number of hydrogen-bond acceptors (Lipinski definition) is 4. The molecule has 2 rings (SSSR count). The summed E-state index contributed by atoms with van der Waals surface area (Å²) in [4.78, 5) is 0.198. The van der Waals surface area contributed by atoms with Gasteiger partial charge in [0.2, 0.25) is 0 Å². The van der Waals surface area contributed by atoms with Gasteiger partial charge in [-0.1, -0.05) is 42.0 Å². The van der Waals surface area contributed by atoms with Crippen LogP contribution in [0.4, 0.5) is 0 Å². The Morgan fingerprint density at radius 3 is 2.25 bits per heavy atom. The van der Waals surface area contributed by atoms with Crippen molar-refractivity contribution >= 4 is 10.1 Å². The van der Waals surface area contributed by atoms with Crippen LogP contribution >= 0.6 is 0 Å². The first-order valence-corrected chi connectivity index (χ1v) is 9.48. The van der Waals surface area contributed by atoms with Crippen molar-refractivity contribution in [1.82, 2.24) is 0 Å². The van der Waals surface area contributed by atoms with Gasteiger partial charge in [0.25, 0.3) is 10.1 Å². The van der Waals surface area contributed by atoms with Crippen molar-refractivity contribution < 1.29 is 17.3 Å². The third-order valence-electron chi connectivity index (χ3n) is 3.75. The Balaban J connectivity index is 1.64. The quantitative estimate of drug-likeness (QED) is 0.507. The third kappa shape index (κ3) is 5.74. The zero-order valence-corrected chi connectivity index (χ0v) is 15.0. The Hall–Kier alpha value is -1.69. The fraction of sp³-hybridized carbons (Fsp3) is 0.368. The topological polar surface area (TPSA) is 52.6 Å². The van der Waals surface area contributed by atoms with Crippen molar-refractivity contribution in [2.45, 2.75) is 38.2 Å². The van der Waals surface area contributed by atoms with Crippen molar-refractivity contribution in [3.63, 3.8) is 0 Å². The standard InChI is InChI=1S/C19H24O4S/c1-16-9-11-19(12-10-16)24(20,21)23-14-6-5-13-22-15-18-8-4-3-7-17(18)2/h3-4,7-12H,5-6,13-15H2,1-2H3. The summed E-state index contributed by atoms with van der Waals surface area (Å²) in [6.45, 7) is 5.30. The maximum Gasteiger partial charge on any atom is 0.296 e. The number of ether oxygens (including phenoxy) is 1. The van der Waals surface area contributed by atoms with Crippen molar-refractivity contribution in [2.75, 3.05) is 13.2 Å². The monoisotopic (exact) mass is 348 g/mol. The highest BCUT2D eigenvalue weighted by Gasteiger charge is 2.14. The predicted molar refractivity (Wildman–Crippen MR) is 94.4 cm³/mol. The predicted octanol–water partition coefficient (Wildman–Crippen LogP) is 4.01. The molecule has 0 aliphatic heterocycles. The van der Waals surface area contributed by atoms with Crippen molar-refractivity contribution in [3.8, 4) is 0 Å². The summed E-state index contributed by atoms with van der Waals surface area (Å²) in [5, 5.41) is 0. The summed E-state index contributed by atoms with van der Waals surface area (Å²) in [5.41, 5.74) is 3.40. The van der Waals surface area contributed by atoms with Gasteiger partial charge in [0.05, 0.1) is 18.1 Å². The Bertz CT molecular complexity index is 736. The molecule has 2 aromatic rings. The van der Waals surface area contributed by atoms with Gasteiger partial charge in [0.1, 0.15) is 0 Å². The summed E-state index contributed by atoms with van der Waals surface area (Å²) in [5.74, 6) is 0. The average molecular weight is 348 g/mol. The molecule has 0 unspecified atom stereocenters. The molecule has 0 aromatic heterocycles. The molecule has 0 N–H and O–H groups in total. The Morgan fingerprint density at radius 2 is 1.54 bits per heavy atom. The fourth-order valence-electron chi connectivity index (χ4n) is 2.20. The van der Waals surface area contributed by atoms with Crippen LogP contribution in [0.1, 0.15) is 29.5 Å². The molecule has 5 heteroatoms. The van der Waals surface area contributed by atoms with Crippen molar-refractivity contribution in [2.24, 2.45) is 0 Å². The van der Waals surface area contributed by atoms with E-state index in [1.54, 1.807) is 24.3 Å². The maximum atomic E-state index is 12.0. The van der Waals surface area contributed by atoms with E-state index in [0.717, 1.165) is 12.0 Å². The molecule has 4 nitrogen and oxygen atoms in total. The zero-order chi connectivity index (χ0) is 17.4. The molecular formula is C19H24O4S. The van der Waals surface area contributed by atoms with Crippen LogP contribution < -0.4 is 0 Å². The van der Waals surface area contributed by atoms with E-state index in [0.29, 0.717) is 19.6 Å². The molecule has 0 heterocycles. The molecule has 0 saturated heterocycles. The Kier molecular flexibility index (Phi) is 6.97. The smallest absolute Gasteiger partial charge is 0.296 e. The number of aryl methyl sites for hydroxylation is 2. The summed E-state index contributed by atoms with van der Waals surface area (Å²) >= 11 is 0. The Morgan fingerprint density at radius 1 is 0.875 bits per heavy atom. The first-order valence-electron chi connectivity index (χ1n) is 8.07. The molecule has 0 bridgehead atoms. The molecule has 0 spiro atoms. The lowest BCUT2D eigenvalue weighted by Gasteiger charge is -2.08. The minimum absolute atomic E-state index is 0.171. The summed E-state index contributed by atoms with van der Waals surface area (Å²) in [7, 11) is -3.66. The van der Waals surface area contributed by atoms with E-state index in [-0.39, 0.29) is 11.5 Å². The molecule has 0 atom stereocenters. The molecule has 0 fully saturated rings. The lowest BCUT2D eigenvalue weighted by Crippen LogP contribution is -2.08. The molecule has 0 aliphatic carbocycles.